The molecule has 0 spiro atoms. The van der Waals surface area contributed by atoms with Crippen LogP contribution < -0.4 is 10.5 Å². The van der Waals surface area contributed by atoms with Crippen molar-refractivity contribution < 1.29 is 4.74 Å². The molecule has 0 aliphatic heterocycles. The Morgan fingerprint density at radius 1 is 1.21 bits per heavy atom. The van der Waals surface area contributed by atoms with Gasteiger partial charge in [0.2, 0.25) is 0 Å². The van der Waals surface area contributed by atoms with E-state index in [1.165, 1.54) is 31.2 Å². The summed E-state index contributed by atoms with van der Waals surface area (Å²) in [6, 6.07) is 8.19. The smallest absolute Gasteiger partial charge is 0.119 e. The number of allylic oxidation sites excluding steroid dienone is 1. The Kier molecular flexibility index (Phi) is 7.99. The SMILES string of the molecule is CCCC(/C=C/c1cccc(OCCN)c1)CCC. The molecule has 1 aromatic rings. The van der Waals surface area contributed by atoms with E-state index in [0.29, 0.717) is 19.1 Å². The van der Waals surface area contributed by atoms with E-state index in [9.17, 15) is 0 Å². The highest BCUT2D eigenvalue weighted by Crippen LogP contribution is 2.19. The van der Waals surface area contributed by atoms with Gasteiger partial charge in [0.15, 0.2) is 0 Å². The maximum atomic E-state index is 5.54. The second kappa shape index (κ2) is 9.62. The second-order valence-corrected chi connectivity index (χ2v) is 4.91. The highest BCUT2D eigenvalue weighted by atomic mass is 16.5. The van der Waals surface area contributed by atoms with E-state index in [1.807, 2.05) is 12.1 Å². The first-order chi connectivity index (χ1) is 9.30. The highest BCUT2D eigenvalue weighted by molar-refractivity contribution is 5.51. The van der Waals surface area contributed by atoms with Crippen LogP contribution >= 0.6 is 0 Å². The molecule has 0 unspecified atom stereocenters. The minimum atomic E-state index is 0.551. The first kappa shape index (κ1) is 15.8. The molecule has 0 saturated carbocycles. The van der Waals surface area contributed by atoms with E-state index >= 15 is 0 Å². The molecule has 1 aromatic carbocycles. The van der Waals surface area contributed by atoms with Gasteiger partial charge in [-0.05, 0) is 36.5 Å². The van der Waals surface area contributed by atoms with Gasteiger partial charge in [-0.25, -0.2) is 0 Å². The number of hydrogen-bond donors (Lipinski definition) is 1. The third-order valence-corrected chi connectivity index (χ3v) is 3.12. The van der Waals surface area contributed by atoms with Crippen LogP contribution in [0.2, 0.25) is 0 Å². The van der Waals surface area contributed by atoms with E-state index in [-0.39, 0.29) is 0 Å². The Hall–Kier alpha value is -1.28. The van der Waals surface area contributed by atoms with Gasteiger partial charge in [0.25, 0.3) is 0 Å². The predicted octanol–water partition coefficient (Wildman–Crippen LogP) is 4.25. The number of nitrogens with two attached hydrogens (primary N) is 1. The molecule has 0 atom stereocenters. The normalized spacial score (nSPS) is 11.4. The van der Waals surface area contributed by atoms with Gasteiger partial charge in [0, 0.05) is 6.54 Å². The first-order valence-electron chi connectivity index (χ1n) is 7.41. The zero-order valence-corrected chi connectivity index (χ0v) is 12.3. The van der Waals surface area contributed by atoms with E-state index in [4.69, 9.17) is 10.5 Å². The molecule has 2 heteroatoms. The van der Waals surface area contributed by atoms with Gasteiger partial charge in [-0.2, -0.15) is 0 Å². The lowest BCUT2D eigenvalue weighted by Crippen LogP contribution is -2.10. The zero-order chi connectivity index (χ0) is 13.9. The number of hydrogen-bond acceptors (Lipinski definition) is 2. The molecule has 0 saturated heterocycles. The van der Waals surface area contributed by atoms with Crippen LogP contribution in [0, 0.1) is 5.92 Å². The average Bonchev–Trinajstić information content (AvgIpc) is 2.43. The predicted molar refractivity (Wildman–Crippen MR) is 83.3 cm³/mol. The molecule has 1 rings (SSSR count). The molecule has 0 fully saturated rings. The Balaban J connectivity index is 2.63. The molecular formula is C17H27NO. The van der Waals surface area contributed by atoms with E-state index in [0.717, 1.165) is 5.75 Å². The third-order valence-electron chi connectivity index (χ3n) is 3.12. The van der Waals surface area contributed by atoms with Crippen molar-refractivity contribution in [1.82, 2.24) is 0 Å². The van der Waals surface area contributed by atoms with Crippen LogP contribution in [0.4, 0.5) is 0 Å². The van der Waals surface area contributed by atoms with Gasteiger partial charge < -0.3 is 10.5 Å². The minimum absolute atomic E-state index is 0.551. The first-order valence-corrected chi connectivity index (χ1v) is 7.41. The highest BCUT2D eigenvalue weighted by Gasteiger charge is 2.02. The van der Waals surface area contributed by atoms with Gasteiger partial charge in [0.1, 0.15) is 12.4 Å². The summed E-state index contributed by atoms with van der Waals surface area (Å²) >= 11 is 0. The van der Waals surface area contributed by atoms with Crippen LogP contribution in [0.5, 0.6) is 5.75 Å². The molecular weight excluding hydrogens is 234 g/mol. The van der Waals surface area contributed by atoms with Crippen molar-refractivity contribution in [3.8, 4) is 5.75 Å². The maximum absolute atomic E-state index is 5.54. The van der Waals surface area contributed by atoms with E-state index < -0.39 is 0 Å². The van der Waals surface area contributed by atoms with Gasteiger partial charge in [-0.1, -0.05) is 51.0 Å². The van der Waals surface area contributed by atoms with Crippen LogP contribution in [-0.4, -0.2) is 13.2 Å². The summed E-state index contributed by atoms with van der Waals surface area (Å²) in [6.45, 7) is 5.62. The van der Waals surface area contributed by atoms with E-state index in [1.54, 1.807) is 0 Å². The van der Waals surface area contributed by atoms with Gasteiger partial charge in [0.05, 0.1) is 0 Å². The number of rotatable bonds is 9. The Bertz CT molecular complexity index is 367. The molecule has 0 aromatic heterocycles. The largest absolute Gasteiger partial charge is 0.492 e. The fourth-order valence-corrected chi connectivity index (χ4v) is 2.21. The zero-order valence-electron chi connectivity index (χ0n) is 12.3. The standard InChI is InChI=1S/C17H27NO/c1-3-6-15(7-4-2)10-11-16-8-5-9-17(14-16)19-13-12-18/h5,8-11,14-15H,3-4,6-7,12-13,18H2,1-2H3/b11-10+. The third kappa shape index (κ3) is 6.44. The molecule has 0 aliphatic carbocycles. The Labute approximate surface area is 117 Å². The topological polar surface area (TPSA) is 35.2 Å². The van der Waals surface area contributed by atoms with Crippen LogP contribution in [0.1, 0.15) is 45.1 Å². The number of benzene rings is 1. The van der Waals surface area contributed by atoms with E-state index in [2.05, 4.69) is 38.1 Å². The molecule has 0 radical (unpaired) electrons. The van der Waals surface area contributed by atoms with Crippen LogP contribution in [-0.2, 0) is 0 Å². The van der Waals surface area contributed by atoms with Crippen molar-refractivity contribution in [2.45, 2.75) is 39.5 Å². The minimum Gasteiger partial charge on any atom is -0.492 e. The summed E-state index contributed by atoms with van der Waals surface area (Å²) in [6.07, 6.45) is 9.59. The molecule has 0 heterocycles. The van der Waals surface area contributed by atoms with Crippen molar-refractivity contribution in [3.63, 3.8) is 0 Å². The summed E-state index contributed by atoms with van der Waals surface area (Å²) in [7, 11) is 0. The Morgan fingerprint density at radius 2 is 1.95 bits per heavy atom. The van der Waals surface area contributed by atoms with Crippen molar-refractivity contribution in [1.29, 1.82) is 0 Å². The molecule has 2 nitrogen and oxygen atoms in total. The lowest BCUT2D eigenvalue weighted by molar-refractivity contribution is 0.328. The summed E-state index contributed by atoms with van der Waals surface area (Å²) in [5, 5.41) is 0. The second-order valence-electron chi connectivity index (χ2n) is 4.91. The molecule has 0 aliphatic rings. The lowest BCUT2D eigenvalue weighted by Gasteiger charge is -2.10. The monoisotopic (exact) mass is 261 g/mol. The van der Waals surface area contributed by atoms with Gasteiger partial charge >= 0.3 is 0 Å². The molecule has 0 amide bonds. The average molecular weight is 261 g/mol. The van der Waals surface area contributed by atoms with Crippen molar-refractivity contribution in [2.24, 2.45) is 11.7 Å². The van der Waals surface area contributed by atoms with Crippen LogP contribution in [0.25, 0.3) is 6.08 Å². The van der Waals surface area contributed by atoms with Gasteiger partial charge in [-0.15, -0.1) is 0 Å². The fraction of sp³-hybridized carbons (Fsp3) is 0.529. The quantitative estimate of drug-likeness (QED) is 0.721. The summed E-state index contributed by atoms with van der Waals surface area (Å²) in [4.78, 5) is 0. The summed E-state index contributed by atoms with van der Waals surface area (Å²) < 4.78 is 5.54. The summed E-state index contributed by atoms with van der Waals surface area (Å²) in [5.41, 5.74) is 6.64. The molecule has 0 bridgehead atoms. The van der Waals surface area contributed by atoms with Crippen molar-refractivity contribution in [2.75, 3.05) is 13.2 Å². The maximum Gasteiger partial charge on any atom is 0.119 e. The number of ether oxygens (including phenoxy) is 1. The molecule has 2 N–H and O–H groups in total. The van der Waals surface area contributed by atoms with Crippen LogP contribution in [0.15, 0.2) is 30.3 Å². The molecule has 106 valence electrons. The van der Waals surface area contributed by atoms with Crippen molar-refractivity contribution >= 4 is 6.08 Å². The van der Waals surface area contributed by atoms with Gasteiger partial charge in [-0.3, -0.25) is 0 Å². The Morgan fingerprint density at radius 3 is 2.58 bits per heavy atom. The fourth-order valence-electron chi connectivity index (χ4n) is 2.21. The molecule has 19 heavy (non-hydrogen) atoms. The van der Waals surface area contributed by atoms with Crippen molar-refractivity contribution in [3.05, 3.63) is 35.9 Å². The van der Waals surface area contributed by atoms with Crippen LogP contribution in [0.3, 0.4) is 0 Å². The lowest BCUT2D eigenvalue weighted by atomic mass is 9.97. The summed E-state index contributed by atoms with van der Waals surface area (Å²) in [5.74, 6) is 1.60.